The number of aromatic nitrogens is 1. The van der Waals surface area contributed by atoms with Crippen LogP contribution in [-0.4, -0.2) is 23.3 Å². The topological polar surface area (TPSA) is 56.3 Å². The van der Waals surface area contributed by atoms with Crippen LogP contribution in [0.1, 0.15) is 83.3 Å². The number of Topliss-reactive ketones (excluding diaryl/α,β-unsaturated/α-hetero) is 1. The van der Waals surface area contributed by atoms with E-state index in [-0.39, 0.29) is 12.4 Å². The largest absolute Gasteiger partial charge is 0.454 e. The summed E-state index contributed by atoms with van der Waals surface area (Å²) in [6.07, 6.45) is 11.2. The number of carbonyl (C=O) groups excluding carboxylic acids is 2. The number of para-hydroxylation sites is 1. The quantitative estimate of drug-likeness (QED) is 0.304. The van der Waals surface area contributed by atoms with Crippen LogP contribution in [0.25, 0.3) is 10.9 Å². The van der Waals surface area contributed by atoms with E-state index in [4.69, 9.17) is 21.3 Å². The van der Waals surface area contributed by atoms with E-state index in [1.807, 2.05) is 24.3 Å². The van der Waals surface area contributed by atoms with Gasteiger partial charge in [-0.1, -0.05) is 68.3 Å². The summed E-state index contributed by atoms with van der Waals surface area (Å²) in [7, 11) is 0. The predicted molar refractivity (Wildman–Crippen MR) is 132 cm³/mol. The van der Waals surface area contributed by atoms with Crippen molar-refractivity contribution in [2.75, 3.05) is 6.61 Å². The summed E-state index contributed by atoms with van der Waals surface area (Å²) in [5, 5.41) is 1.36. The Labute approximate surface area is 200 Å². The number of nitrogens with zero attached hydrogens (tertiary/aromatic N) is 1. The van der Waals surface area contributed by atoms with E-state index in [2.05, 4.69) is 0 Å². The highest BCUT2D eigenvalue weighted by atomic mass is 35.5. The van der Waals surface area contributed by atoms with E-state index >= 15 is 0 Å². The molecule has 0 fully saturated rings. The maximum Gasteiger partial charge on any atom is 0.339 e. The van der Waals surface area contributed by atoms with Crippen LogP contribution in [-0.2, 0) is 17.6 Å². The van der Waals surface area contributed by atoms with Crippen LogP contribution in [0.4, 0.5) is 0 Å². The van der Waals surface area contributed by atoms with E-state index < -0.39 is 5.97 Å². The van der Waals surface area contributed by atoms with Crippen molar-refractivity contribution < 1.29 is 14.3 Å². The lowest BCUT2D eigenvalue weighted by atomic mass is 9.92. The molecule has 5 heteroatoms. The molecule has 0 radical (unpaired) electrons. The summed E-state index contributed by atoms with van der Waals surface area (Å²) in [4.78, 5) is 30.9. The highest BCUT2D eigenvalue weighted by Gasteiger charge is 2.22. The zero-order valence-corrected chi connectivity index (χ0v) is 19.7. The van der Waals surface area contributed by atoms with Gasteiger partial charge >= 0.3 is 5.97 Å². The Morgan fingerprint density at radius 2 is 1.45 bits per heavy atom. The van der Waals surface area contributed by atoms with Gasteiger partial charge in [0.15, 0.2) is 12.4 Å². The highest BCUT2D eigenvalue weighted by molar-refractivity contribution is 6.30. The molecule has 4 nitrogen and oxygen atoms in total. The van der Waals surface area contributed by atoms with Crippen LogP contribution in [0.2, 0.25) is 5.02 Å². The summed E-state index contributed by atoms with van der Waals surface area (Å²) in [6, 6.07) is 14.3. The van der Waals surface area contributed by atoms with E-state index in [0.717, 1.165) is 54.3 Å². The van der Waals surface area contributed by atoms with Gasteiger partial charge in [-0.3, -0.25) is 9.78 Å². The van der Waals surface area contributed by atoms with Gasteiger partial charge in [-0.05, 0) is 61.6 Å². The number of hydrogen-bond donors (Lipinski definition) is 0. The van der Waals surface area contributed by atoms with Crippen molar-refractivity contribution in [1.29, 1.82) is 0 Å². The van der Waals surface area contributed by atoms with E-state index in [1.165, 1.54) is 32.1 Å². The van der Waals surface area contributed by atoms with Gasteiger partial charge in [-0.25, -0.2) is 4.79 Å². The fraction of sp³-hybridized carbons (Fsp3) is 0.393. The van der Waals surface area contributed by atoms with Gasteiger partial charge in [-0.15, -0.1) is 0 Å². The van der Waals surface area contributed by atoms with Gasteiger partial charge in [0, 0.05) is 21.7 Å². The molecule has 1 heterocycles. The first kappa shape index (κ1) is 23.4. The van der Waals surface area contributed by atoms with Gasteiger partial charge in [-0.2, -0.15) is 0 Å². The number of ketones is 1. The lowest BCUT2D eigenvalue weighted by Crippen LogP contribution is -2.17. The van der Waals surface area contributed by atoms with Gasteiger partial charge in [0.05, 0.1) is 11.1 Å². The second-order valence-electron chi connectivity index (χ2n) is 8.76. The molecule has 2 aromatic carbocycles. The Kier molecular flexibility index (Phi) is 8.11. The lowest BCUT2D eigenvalue weighted by molar-refractivity contribution is 0.0475. The molecule has 0 saturated heterocycles. The molecule has 0 amide bonds. The standard InChI is InChI=1S/C28H30ClNO3/c29-21-17-15-20(16-18-21)26(31)19-33-28(32)27-22-11-7-5-3-1-2-4-6-8-13-24(22)30-25-14-10-9-12-23(25)27/h9-10,12,14-18H,1-8,11,13,19H2. The number of halogens is 1. The van der Waals surface area contributed by atoms with Crippen LogP contribution < -0.4 is 0 Å². The van der Waals surface area contributed by atoms with E-state index in [9.17, 15) is 9.59 Å². The minimum atomic E-state index is -0.445. The number of hydrogen-bond acceptors (Lipinski definition) is 4. The third-order valence-corrected chi connectivity index (χ3v) is 6.63. The summed E-state index contributed by atoms with van der Waals surface area (Å²) < 4.78 is 5.57. The second kappa shape index (κ2) is 11.4. The van der Waals surface area contributed by atoms with Crippen LogP contribution >= 0.6 is 11.6 Å². The van der Waals surface area contributed by atoms with Crippen molar-refractivity contribution in [3.05, 3.63) is 75.9 Å². The van der Waals surface area contributed by atoms with Crippen LogP contribution in [0.5, 0.6) is 0 Å². The molecule has 0 atom stereocenters. The molecule has 0 aliphatic heterocycles. The van der Waals surface area contributed by atoms with Crippen molar-refractivity contribution >= 4 is 34.3 Å². The molecule has 0 unspecified atom stereocenters. The summed E-state index contributed by atoms with van der Waals surface area (Å²) >= 11 is 5.91. The first-order chi connectivity index (χ1) is 16.1. The average Bonchev–Trinajstić information content (AvgIpc) is 2.82. The molecule has 1 aromatic heterocycles. The third-order valence-electron chi connectivity index (χ3n) is 6.37. The Morgan fingerprint density at radius 3 is 2.18 bits per heavy atom. The van der Waals surface area contributed by atoms with Crippen molar-refractivity contribution in [2.45, 2.75) is 64.2 Å². The van der Waals surface area contributed by atoms with Crippen molar-refractivity contribution in [1.82, 2.24) is 4.98 Å². The fourth-order valence-corrected chi connectivity index (χ4v) is 4.71. The molecule has 1 aliphatic rings. The number of aryl methyl sites for hydroxylation is 1. The normalized spacial score (nSPS) is 15.2. The minimum absolute atomic E-state index is 0.248. The Balaban J connectivity index is 1.63. The van der Waals surface area contributed by atoms with Crippen LogP contribution in [0, 0.1) is 0 Å². The van der Waals surface area contributed by atoms with Crippen molar-refractivity contribution in [3.8, 4) is 0 Å². The Morgan fingerprint density at radius 1 is 0.818 bits per heavy atom. The Bertz CT molecular complexity index is 1120. The van der Waals surface area contributed by atoms with Gasteiger partial charge in [0.1, 0.15) is 0 Å². The molecule has 33 heavy (non-hydrogen) atoms. The van der Waals surface area contributed by atoms with Gasteiger partial charge in [0.2, 0.25) is 0 Å². The number of carbonyl (C=O) groups is 2. The van der Waals surface area contributed by atoms with Crippen LogP contribution in [0.3, 0.4) is 0 Å². The summed E-state index contributed by atoms with van der Waals surface area (Å²) in [6.45, 7) is -0.300. The zero-order chi connectivity index (χ0) is 23.0. The van der Waals surface area contributed by atoms with Crippen LogP contribution in [0.15, 0.2) is 48.5 Å². The monoisotopic (exact) mass is 463 g/mol. The molecule has 4 rings (SSSR count). The Hall–Kier alpha value is -2.72. The van der Waals surface area contributed by atoms with E-state index in [1.54, 1.807) is 24.3 Å². The summed E-state index contributed by atoms with van der Waals surface area (Å²) in [5.74, 6) is -0.693. The molecule has 0 bridgehead atoms. The molecule has 1 aliphatic carbocycles. The number of esters is 1. The van der Waals surface area contributed by atoms with E-state index in [0.29, 0.717) is 16.1 Å². The first-order valence-corrected chi connectivity index (χ1v) is 12.4. The number of rotatable bonds is 4. The molecular formula is C28H30ClNO3. The predicted octanol–water partition coefficient (Wildman–Crippen LogP) is 7.15. The zero-order valence-electron chi connectivity index (χ0n) is 18.9. The second-order valence-corrected chi connectivity index (χ2v) is 9.20. The molecule has 172 valence electrons. The van der Waals surface area contributed by atoms with Crippen molar-refractivity contribution in [2.24, 2.45) is 0 Å². The molecule has 0 saturated carbocycles. The maximum absolute atomic E-state index is 13.4. The first-order valence-electron chi connectivity index (χ1n) is 12.0. The number of ether oxygens (including phenoxy) is 1. The smallest absolute Gasteiger partial charge is 0.339 e. The lowest BCUT2D eigenvalue weighted by Gasteiger charge is -2.17. The number of fused-ring (bicyclic) bond motifs is 2. The molecule has 3 aromatic rings. The molecule has 0 N–H and O–H groups in total. The molecular weight excluding hydrogens is 434 g/mol. The number of pyridine rings is 1. The number of benzene rings is 2. The van der Waals surface area contributed by atoms with Crippen molar-refractivity contribution in [3.63, 3.8) is 0 Å². The SMILES string of the molecule is O=C(COC(=O)c1c2c(nc3ccccc13)CCCCCCCCCC2)c1ccc(Cl)cc1. The summed E-state index contributed by atoms with van der Waals surface area (Å²) in [5.41, 5.74) is 3.86. The maximum atomic E-state index is 13.4. The van der Waals surface area contributed by atoms with Gasteiger partial charge in [0.25, 0.3) is 0 Å². The minimum Gasteiger partial charge on any atom is -0.454 e. The average molecular weight is 464 g/mol. The van der Waals surface area contributed by atoms with Gasteiger partial charge < -0.3 is 4.74 Å². The third kappa shape index (κ3) is 6.00. The fourth-order valence-electron chi connectivity index (χ4n) is 4.59. The highest BCUT2D eigenvalue weighted by Crippen LogP contribution is 2.28. The molecule has 0 spiro atoms.